The third-order valence-electron chi connectivity index (χ3n) is 2.90. The largest absolute Gasteiger partial charge is 0.428 e. The minimum Gasteiger partial charge on any atom is -0.428 e. The summed E-state index contributed by atoms with van der Waals surface area (Å²) in [6.07, 6.45) is -0.223. The Labute approximate surface area is 160 Å². The summed E-state index contributed by atoms with van der Waals surface area (Å²) in [5.74, 6) is -3.20. The average molecular weight is 410 g/mol. The first kappa shape index (κ1) is 24.2. The van der Waals surface area contributed by atoms with E-state index in [0.717, 1.165) is 13.8 Å². The van der Waals surface area contributed by atoms with Gasteiger partial charge >= 0.3 is 23.2 Å². The van der Waals surface area contributed by atoms with Gasteiger partial charge in [-0.3, -0.25) is 19.2 Å². The van der Waals surface area contributed by atoms with Gasteiger partial charge in [-0.15, -0.1) is 0 Å². The number of carbonyl (C=O) groups excluding carboxylic acids is 5. The maximum atomic E-state index is 12.4. The van der Waals surface area contributed by atoms with Gasteiger partial charge in [0.1, 0.15) is 5.78 Å². The Morgan fingerprint density at radius 2 is 1.42 bits per heavy atom. The van der Waals surface area contributed by atoms with Gasteiger partial charge in [-0.05, 0) is 25.6 Å². The van der Waals surface area contributed by atoms with Crippen LogP contribution in [0.15, 0.2) is 0 Å². The lowest BCUT2D eigenvalue weighted by Gasteiger charge is -2.23. The Balaban J connectivity index is 4.57. The Morgan fingerprint density at radius 1 is 0.923 bits per heavy atom. The van der Waals surface area contributed by atoms with Crippen LogP contribution in [0.3, 0.4) is 0 Å². The van der Waals surface area contributed by atoms with Crippen LogP contribution >= 0.6 is 24.4 Å². The van der Waals surface area contributed by atoms with E-state index in [-0.39, 0.29) is 12.2 Å². The van der Waals surface area contributed by atoms with Crippen LogP contribution in [0.5, 0.6) is 0 Å². The number of esters is 3. The lowest BCUT2D eigenvalue weighted by molar-refractivity contribution is -0.169. The van der Waals surface area contributed by atoms with Gasteiger partial charge < -0.3 is 18.9 Å². The number of Topliss-reactive ketones (excluding diaryl/α,β-unsaturated/α-hetero) is 1. The molecule has 0 bridgehead atoms. The zero-order valence-electron chi connectivity index (χ0n) is 14.9. The fourth-order valence-corrected chi connectivity index (χ4v) is 2.43. The van der Waals surface area contributed by atoms with Crippen LogP contribution in [-0.4, -0.2) is 53.1 Å². The smallest absolute Gasteiger partial charge is 0.371 e. The Kier molecular flexibility index (Phi) is 11.0. The quantitative estimate of drug-likeness (QED) is 0.323. The van der Waals surface area contributed by atoms with Crippen LogP contribution < -0.4 is 0 Å². The Morgan fingerprint density at radius 3 is 1.88 bits per heavy atom. The summed E-state index contributed by atoms with van der Waals surface area (Å²) in [5.41, 5.74) is 0. The molecule has 26 heavy (non-hydrogen) atoms. The maximum Gasteiger partial charge on any atom is 0.371 e. The number of thioether (sulfide) groups is 1. The standard InChI is InChI=1S/C15H22O9S2/c1-9(16)21-7-23-13(19)11(6-25)5-12(18)15(3,4)26-14(20)24-8-22-10(2)17/h11,25H,5-8H2,1-4H3/t11-/m0/s1. The fourth-order valence-electron chi connectivity index (χ4n) is 1.44. The highest BCUT2D eigenvalue weighted by Gasteiger charge is 2.35. The molecule has 0 aliphatic carbocycles. The summed E-state index contributed by atoms with van der Waals surface area (Å²) in [6.45, 7) is 4.21. The molecular formula is C15H22O9S2. The molecule has 0 aromatic carbocycles. The average Bonchev–Trinajstić information content (AvgIpc) is 2.50. The number of hydrogen-bond donors (Lipinski definition) is 1. The Bertz CT molecular complexity index is 545. The predicted molar refractivity (Wildman–Crippen MR) is 94.5 cm³/mol. The third-order valence-corrected chi connectivity index (χ3v) is 4.36. The van der Waals surface area contributed by atoms with Crippen molar-refractivity contribution in [2.75, 3.05) is 19.3 Å². The van der Waals surface area contributed by atoms with Gasteiger partial charge in [0.2, 0.25) is 13.6 Å². The van der Waals surface area contributed by atoms with Gasteiger partial charge in [-0.2, -0.15) is 12.6 Å². The van der Waals surface area contributed by atoms with Crippen molar-refractivity contribution < 1.29 is 42.9 Å². The van der Waals surface area contributed by atoms with E-state index < -0.39 is 53.2 Å². The lowest BCUT2D eigenvalue weighted by atomic mass is 9.97. The summed E-state index contributed by atoms with van der Waals surface area (Å²) in [6, 6.07) is 0. The first-order chi connectivity index (χ1) is 12.0. The minimum absolute atomic E-state index is 0.0300. The van der Waals surface area contributed by atoms with Crippen molar-refractivity contribution in [2.24, 2.45) is 5.92 Å². The molecule has 0 aliphatic heterocycles. The van der Waals surface area contributed by atoms with E-state index in [1.807, 2.05) is 0 Å². The lowest BCUT2D eigenvalue weighted by Crippen LogP contribution is -2.34. The van der Waals surface area contributed by atoms with Gasteiger partial charge in [-0.1, -0.05) is 0 Å². The third kappa shape index (κ3) is 10.3. The molecule has 0 aromatic heterocycles. The van der Waals surface area contributed by atoms with Crippen molar-refractivity contribution in [3.8, 4) is 0 Å². The van der Waals surface area contributed by atoms with Gasteiger partial charge in [0.05, 0.1) is 10.7 Å². The first-order valence-corrected chi connectivity index (χ1v) is 8.87. The monoisotopic (exact) mass is 410 g/mol. The molecule has 0 saturated heterocycles. The highest BCUT2D eigenvalue weighted by molar-refractivity contribution is 8.15. The van der Waals surface area contributed by atoms with Crippen LogP contribution in [-0.2, 0) is 38.1 Å². The van der Waals surface area contributed by atoms with E-state index in [1.54, 1.807) is 0 Å². The molecule has 9 nitrogen and oxygen atoms in total. The summed E-state index contributed by atoms with van der Waals surface area (Å²) < 4.78 is 17.2. The van der Waals surface area contributed by atoms with E-state index >= 15 is 0 Å². The van der Waals surface area contributed by atoms with E-state index in [0.29, 0.717) is 11.8 Å². The number of rotatable bonds is 10. The molecule has 0 rings (SSSR count). The predicted octanol–water partition coefficient (Wildman–Crippen LogP) is 1.72. The molecule has 0 saturated carbocycles. The van der Waals surface area contributed by atoms with Crippen molar-refractivity contribution in [1.29, 1.82) is 0 Å². The van der Waals surface area contributed by atoms with Gasteiger partial charge in [-0.25, -0.2) is 4.79 Å². The number of thiol groups is 1. The minimum atomic E-state index is -1.19. The zero-order chi connectivity index (χ0) is 20.3. The second kappa shape index (κ2) is 11.8. The van der Waals surface area contributed by atoms with Gasteiger partial charge in [0.15, 0.2) is 0 Å². The highest BCUT2D eigenvalue weighted by atomic mass is 32.2. The molecule has 0 radical (unpaired) electrons. The first-order valence-electron chi connectivity index (χ1n) is 7.43. The van der Waals surface area contributed by atoms with Crippen LogP contribution in [0.1, 0.15) is 34.1 Å². The van der Waals surface area contributed by atoms with Crippen molar-refractivity contribution in [3.05, 3.63) is 0 Å². The number of hydrogen-bond acceptors (Lipinski definition) is 11. The van der Waals surface area contributed by atoms with Crippen LogP contribution in [0.2, 0.25) is 0 Å². The summed E-state index contributed by atoms with van der Waals surface area (Å²) in [7, 11) is 0. The van der Waals surface area contributed by atoms with E-state index in [4.69, 9.17) is 4.74 Å². The van der Waals surface area contributed by atoms with Gasteiger partial charge in [0.25, 0.3) is 0 Å². The van der Waals surface area contributed by atoms with Crippen molar-refractivity contribution in [3.63, 3.8) is 0 Å². The van der Waals surface area contributed by atoms with Crippen LogP contribution in [0.4, 0.5) is 4.79 Å². The fraction of sp³-hybridized carbons (Fsp3) is 0.667. The number of ketones is 1. The normalized spacial score (nSPS) is 11.9. The molecule has 0 N–H and O–H groups in total. The van der Waals surface area contributed by atoms with E-state index in [2.05, 4.69) is 26.8 Å². The highest BCUT2D eigenvalue weighted by Crippen LogP contribution is 2.30. The Hall–Kier alpha value is -1.75. The molecule has 11 heteroatoms. The molecule has 1 atom stereocenters. The second-order valence-electron chi connectivity index (χ2n) is 5.48. The topological polar surface area (TPSA) is 122 Å². The zero-order valence-corrected chi connectivity index (χ0v) is 16.6. The SMILES string of the molecule is CC(=O)OCOC(=O)SC(C)(C)C(=O)C[C@@H](CS)C(=O)OCOC(C)=O. The van der Waals surface area contributed by atoms with Crippen molar-refractivity contribution >= 4 is 53.4 Å². The summed E-state index contributed by atoms with van der Waals surface area (Å²) in [5, 5.41) is -0.801. The van der Waals surface area contributed by atoms with Crippen molar-refractivity contribution in [1.82, 2.24) is 0 Å². The molecule has 0 amide bonds. The van der Waals surface area contributed by atoms with Crippen molar-refractivity contribution in [2.45, 2.75) is 38.9 Å². The van der Waals surface area contributed by atoms with Crippen LogP contribution in [0.25, 0.3) is 0 Å². The van der Waals surface area contributed by atoms with Gasteiger partial charge in [0, 0.05) is 26.0 Å². The molecule has 0 unspecified atom stereocenters. The van der Waals surface area contributed by atoms with Crippen LogP contribution in [0, 0.1) is 5.92 Å². The molecular weight excluding hydrogens is 388 g/mol. The maximum absolute atomic E-state index is 12.4. The summed E-state index contributed by atoms with van der Waals surface area (Å²) in [4.78, 5) is 57.2. The van der Waals surface area contributed by atoms with E-state index in [1.165, 1.54) is 13.8 Å². The summed E-state index contributed by atoms with van der Waals surface area (Å²) >= 11 is 4.61. The molecule has 0 heterocycles. The molecule has 148 valence electrons. The molecule has 0 spiro atoms. The number of carbonyl (C=O) groups is 5. The molecule has 0 fully saturated rings. The second-order valence-corrected chi connectivity index (χ2v) is 7.41. The van der Waals surface area contributed by atoms with E-state index in [9.17, 15) is 24.0 Å². The number of ether oxygens (including phenoxy) is 4. The molecule has 0 aliphatic rings. The molecule has 0 aromatic rings.